The molecule has 7 nitrogen and oxygen atoms in total. The van der Waals surface area contributed by atoms with Crippen molar-refractivity contribution >= 4 is 40.0 Å². The molecule has 1 fully saturated rings. The predicted octanol–water partition coefficient (Wildman–Crippen LogP) is 6.24. The molecule has 2 aromatic carbocycles. The summed E-state index contributed by atoms with van der Waals surface area (Å²) in [7, 11) is 4.20. The Morgan fingerprint density at radius 2 is 1.76 bits per heavy atom. The first-order chi connectivity index (χ1) is 17.8. The highest BCUT2D eigenvalue weighted by Crippen LogP contribution is 2.35. The van der Waals surface area contributed by atoms with Gasteiger partial charge in [-0.2, -0.15) is 5.10 Å². The van der Waals surface area contributed by atoms with Gasteiger partial charge in [-0.15, -0.1) is 0 Å². The quantitative estimate of drug-likeness (QED) is 0.315. The SMILES string of the molecule is CC(Oc1ccc2[nH]nc(-c3ccc(C(=O)N4CCC(N(C)C)CC4)cc3)c2c1)c1c(Cl)cncc1Cl. The number of aromatic nitrogens is 3. The third kappa shape index (κ3) is 5.30. The van der Waals surface area contributed by atoms with E-state index in [0.29, 0.717) is 33.0 Å². The van der Waals surface area contributed by atoms with Gasteiger partial charge in [-0.3, -0.25) is 14.9 Å². The van der Waals surface area contributed by atoms with Crippen molar-refractivity contribution in [2.75, 3.05) is 27.2 Å². The van der Waals surface area contributed by atoms with Crippen LogP contribution in [0.1, 0.15) is 41.8 Å². The number of piperidine rings is 1. The molecular formula is C28H29Cl2N5O2. The second-order valence-electron chi connectivity index (χ2n) is 9.62. The van der Waals surface area contributed by atoms with Crippen LogP contribution in [0.15, 0.2) is 54.9 Å². The van der Waals surface area contributed by atoms with Gasteiger partial charge in [0, 0.05) is 53.6 Å². The molecule has 37 heavy (non-hydrogen) atoms. The van der Waals surface area contributed by atoms with Gasteiger partial charge in [0.15, 0.2) is 0 Å². The molecule has 0 spiro atoms. The van der Waals surface area contributed by atoms with E-state index < -0.39 is 0 Å². The number of carbonyl (C=O) groups excluding carboxylic acids is 1. The number of rotatable bonds is 6. The fourth-order valence-corrected chi connectivity index (χ4v) is 5.57. The second-order valence-corrected chi connectivity index (χ2v) is 10.4. The van der Waals surface area contributed by atoms with Crippen LogP contribution in [0.3, 0.4) is 0 Å². The monoisotopic (exact) mass is 537 g/mol. The van der Waals surface area contributed by atoms with Crippen molar-refractivity contribution in [1.29, 1.82) is 0 Å². The molecule has 0 aliphatic carbocycles. The fraction of sp³-hybridized carbons (Fsp3) is 0.321. The van der Waals surface area contributed by atoms with E-state index in [-0.39, 0.29) is 12.0 Å². The van der Waals surface area contributed by atoms with E-state index in [4.69, 9.17) is 27.9 Å². The summed E-state index contributed by atoms with van der Waals surface area (Å²) in [5.74, 6) is 0.744. The molecule has 1 unspecified atom stereocenters. The van der Waals surface area contributed by atoms with Gasteiger partial charge < -0.3 is 14.5 Å². The Bertz CT molecular complexity index is 1390. The normalized spacial score (nSPS) is 15.4. The summed E-state index contributed by atoms with van der Waals surface area (Å²) in [6.07, 6.45) is 4.74. The number of nitrogens with zero attached hydrogens (tertiary/aromatic N) is 4. The zero-order valence-corrected chi connectivity index (χ0v) is 22.6. The minimum Gasteiger partial charge on any atom is -0.486 e. The Labute approximate surface area is 226 Å². The Hall–Kier alpha value is -3.13. The first-order valence-electron chi connectivity index (χ1n) is 12.3. The highest BCUT2D eigenvalue weighted by molar-refractivity contribution is 6.35. The molecule has 0 saturated carbocycles. The number of likely N-dealkylation sites (tertiary alicyclic amines) is 1. The van der Waals surface area contributed by atoms with Crippen molar-refractivity contribution in [3.63, 3.8) is 0 Å². The number of carbonyl (C=O) groups is 1. The lowest BCUT2D eigenvalue weighted by molar-refractivity contribution is 0.0663. The van der Waals surface area contributed by atoms with Crippen molar-refractivity contribution in [1.82, 2.24) is 25.0 Å². The standard InChI is InChI=1S/C28H29Cl2N5O2/c1-17(26-23(29)15-31-16-24(26)30)37-21-8-9-25-22(14-21)27(33-32-25)18-4-6-19(7-5-18)28(36)35-12-10-20(11-13-35)34(2)3/h4-9,14-17,20H,10-13H2,1-3H3,(H,32,33). The second kappa shape index (κ2) is 10.7. The van der Waals surface area contributed by atoms with Crippen LogP contribution in [-0.2, 0) is 0 Å². The minimum atomic E-state index is -0.371. The Kier molecular flexibility index (Phi) is 7.38. The van der Waals surface area contributed by atoms with E-state index in [1.165, 1.54) is 0 Å². The van der Waals surface area contributed by atoms with E-state index in [9.17, 15) is 4.79 Å². The number of hydrogen-bond donors (Lipinski definition) is 1. The zero-order chi connectivity index (χ0) is 26.1. The molecule has 192 valence electrons. The Morgan fingerprint density at radius 1 is 1.08 bits per heavy atom. The molecule has 1 amide bonds. The number of H-pyrrole nitrogens is 1. The molecule has 0 bridgehead atoms. The number of hydrogen-bond acceptors (Lipinski definition) is 5. The fourth-order valence-electron chi connectivity index (χ4n) is 4.90. The summed E-state index contributed by atoms with van der Waals surface area (Å²) in [5, 5.41) is 9.45. The summed E-state index contributed by atoms with van der Waals surface area (Å²) in [6, 6.07) is 13.9. The summed E-state index contributed by atoms with van der Waals surface area (Å²) in [4.78, 5) is 21.2. The topological polar surface area (TPSA) is 74.3 Å². The maximum absolute atomic E-state index is 13.0. The largest absolute Gasteiger partial charge is 0.486 e. The van der Waals surface area contributed by atoms with Gasteiger partial charge in [0.05, 0.1) is 15.6 Å². The van der Waals surface area contributed by atoms with Crippen molar-refractivity contribution in [2.24, 2.45) is 0 Å². The maximum atomic E-state index is 13.0. The third-order valence-electron chi connectivity index (χ3n) is 7.03. The van der Waals surface area contributed by atoms with Crippen LogP contribution in [0.2, 0.25) is 10.0 Å². The van der Waals surface area contributed by atoms with Gasteiger partial charge in [-0.25, -0.2) is 0 Å². The molecule has 1 aliphatic rings. The van der Waals surface area contributed by atoms with E-state index in [2.05, 4.69) is 34.2 Å². The lowest BCUT2D eigenvalue weighted by atomic mass is 10.0. The highest BCUT2D eigenvalue weighted by atomic mass is 35.5. The van der Waals surface area contributed by atoms with Crippen LogP contribution in [0.25, 0.3) is 22.2 Å². The lowest BCUT2D eigenvalue weighted by Gasteiger charge is -2.35. The number of halogens is 2. The number of pyridine rings is 1. The molecule has 0 radical (unpaired) electrons. The smallest absolute Gasteiger partial charge is 0.253 e. The number of nitrogens with one attached hydrogen (secondary N) is 1. The third-order valence-corrected chi connectivity index (χ3v) is 7.63. The van der Waals surface area contributed by atoms with Crippen LogP contribution in [-0.4, -0.2) is 64.1 Å². The van der Waals surface area contributed by atoms with Crippen LogP contribution in [0, 0.1) is 0 Å². The van der Waals surface area contributed by atoms with Crippen LogP contribution < -0.4 is 4.74 Å². The van der Waals surface area contributed by atoms with E-state index in [1.54, 1.807) is 12.4 Å². The maximum Gasteiger partial charge on any atom is 0.253 e. The summed E-state index contributed by atoms with van der Waals surface area (Å²) >= 11 is 12.6. The van der Waals surface area contributed by atoms with Gasteiger partial charge in [0.1, 0.15) is 17.5 Å². The first-order valence-corrected chi connectivity index (χ1v) is 13.1. The number of fused-ring (bicyclic) bond motifs is 1. The van der Waals surface area contributed by atoms with E-state index in [0.717, 1.165) is 48.1 Å². The Balaban J connectivity index is 1.34. The molecular weight excluding hydrogens is 509 g/mol. The van der Waals surface area contributed by atoms with Crippen molar-refractivity contribution in [2.45, 2.75) is 31.9 Å². The molecule has 4 aromatic rings. The van der Waals surface area contributed by atoms with E-state index >= 15 is 0 Å². The van der Waals surface area contributed by atoms with Gasteiger partial charge in [0.25, 0.3) is 5.91 Å². The molecule has 1 saturated heterocycles. The zero-order valence-electron chi connectivity index (χ0n) is 21.0. The number of amides is 1. The molecule has 2 aromatic heterocycles. The van der Waals surface area contributed by atoms with Crippen LogP contribution >= 0.6 is 23.2 Å². The van der Waals surface area contributed by atoms with Gasteiger partial charge in [-0.1, -0.05) is 35.3 Å². The first kappa shape index (κ1) is 25.5. The predicted molar refractivity (Wildman–Crippen MR) is 147 cm³/mol. The molecule has 5 rings (SSSR count). The summed E-state index contributed by atoms with van der Waals surface area (Å²) in [5.41, 5.74) is 3.98. The molecule has 9 heteroatoms. The van der Waals surface area contributed by atoms with Crippen molar-refractivity contribution in [3.8, 4) is 17.0 Å². The van der Waals surface area contributed by atoms with Gasteiger partial charge >= 0.3 is 0 Å². The van der Waals surface area contributed by atoms with Crippen molar-refractivity contribution in [3.05, 3.63) is 76.0 Å². The molecule has 1 N–H and O–H groups in total. The van der Waals surface area contributed by atoms with Crippen LogP contribution in [0.4, 0.5) is 0 Å². The minimum absolute atomic E-state index is 0.0775. The summed E-state index contributed by atoms with van der Waals surface area (Å²) < 4.78 is 6.18. The van der Waals surface area contributed by atoms with Crippen LogP contribution in [0.5, 0.6) is 5.75 Å². The van der Waals surface area contributed by atoms with Gasteiger partial charge in [0.2, 0.25) is 0 Å². The number of benzene rings is 2. The Morgan fingerprint density at radius 3 is 2.41 bits per heavy atom. The molecule has 1 atom stereocenters. The molecule has 3 heterocycles. The number of ether oxygens (including phenoxy) is 1. The van der Waals surface area contributed by atoms with Gasteiger partial charge in [-0.05, 0) is 64.2 Å². The average molecular weight is 538 g/mol. The summed E-state index contributed by atoms with van der Waals surface area (Å²) in [6.45, 7) is 3.46. The molecule has 1 aliphatic heterocycles. The van der Waals surface area contributed by atoms with E-state index in [1.807, 2.05) is 54.3 Å². The lowest BCUT2D eigenvalue weighted by Crippen LogP contribution is -2.44. The average Bonchev–Trinajstić information content (AvgIpc) is 3.31. The number of aromatic amines is 1. The highest BCUT2D eigenvalue weighted by Gasteiger charge is 2.25. The van der Waals surface area contributed by atoms with Crippen molar-refractivity contribution < 1.29 is 9.53 Å².